The van der Waals surface area contributed by atoms with E-state index in [0.29, 0.717) is 30.8 Å². The van der Waals surface area contributed by atoms with Gasteiger partial charge in [0.2, 0.25) is 0 Å². The summed E-state index contributed by atoms with van der Waals surface area (Å²) in [6.45, 7) is 23.5. The van der Waals surface area contributed by atoms with E-state index in [2.05, 4.69) is 60.7 Å². The Balaban J connectivity index is 1.57. The van der Waals surface area contributed by atoms with Gasteiger partial charge >= 0.3 is 5.97 Å². The molecule has 0 aromatic carbocycles. The SMILES string of the molecule is CC[C@H](C)[C@H]1O[C@]2(C=C[C@@H]1C)C[C@@H]1C[C@@H](C/C=C(\C)[C@H](O)[C@@H](C)/C=C/C=C3\CO[C@@H]4[C@H](O[Si](C)(C)C(C)(C)C)C(C)=C[C@@H](C(=O)O1)[C@]34O)O2. The molecule has 0 aromatic rings. The zero-order valence-corrected chi connectivity index (χ0v) is 32.7. The second-order valence-corrected chi connectivity index (χ2v) is 21.8. The molecule has 0 saturated carbocycles. The lowest BCUT2D eigenvalue weighted by Crippen LogP contribution is -2.60. The standard InChI is InChI=1S/C40H62O8Si/c1-12-24(2)34-27(5)18-19-39(47-34)22-31-21-30(46-39)17-16-26(4)33(41)25(3)14-13-15-29-23-44-36-35(48-49(10,11)38(7,8)9)28(6)20-32(37(42)45-31)40(29,36)43/h13-16,18-20,24-25,27,30-36,41,43H,12,17,21-23H2,1-11H3/b14-13+,26-16+,29-15+/t24-,25-,27-,30+,31-,32-,33+,34+,35+,36+,39+,40+/m0/s1. The number of aliphatic hydroxyl groups excluding tert-OH is 1. The first kappa shape index (κ1) is 38.4. The number of ether oxygens (including phenoxy) is 4. The van der Waals surface area contributed by atoms with Gasteiger partial charge in [-0.3, -0.25) is 4.79 Å². The van der Waals surface area contributed by atoms with Crippen LogP contribution in [0.1, 0.15) is 88.0 Å². The summed E-state index contributed by atoms with van der Waals surface area (Å²) in [6, 6.07) is 0. The average Bonchev–Trinajstić information content (AvgIpc) is 3.36. The molecule has 1 aliphatic carbocycles. The summed E-state index contributed by atoms with van der Waals surface area (Å²) in [7, 11) is -2.29. The molecule has 5 aliphatic rings. The number of carbonyl (C=O) groups excluding carboxylic acids is 1. The number of hydrogen-bond acceptors (Lipinski definition) is 8. The number of fused-ring (bicyclic) bond motifs is 2. The number of esters is 1. The quantitative estimate of drug-likeness (QED) is 0.179. The van der Waals surface area contributed by atoms with E-state index in [4.69, 9.17) is 23.4 Å². The van der Waals surface area contributed by atoms with Crippen molar-refractivity contribution in [2.75, 3.05) is 6.61 Å². The van der Waals surface area contributed by atoms with Crippen molar-refractivity contribution in [1.29, 1.82) is 0 Å². The van der Waals surface area contributed by atoms with Gasteiger partial charge in [0.15, 0.2) is 14.1 Å². The topological polar surface area (TPSA) is 104 Å². The highest BCUT2D eigenvalue weighted by molar-refractivity contribution is 6.74. The van der Waals surface area contributed by atoms with E-state index < -0.39 is 56.0 Å². The molecule has 49 heavy (non-hydrogen) atoms. The van der Waals surface area contributed by atoms with Gasteiger partial charge in [0.1, 0.15) is 23.7 Å². The van der Waals surface area contributed by atoms with Crippen molar-refractivity contribution in [3.05, 3.63) is 59.3 Å². The third-order valence-corrected chi connectivity index (χ3v) is 16.7. The van der Waals surface area contributed by atoms with Gasteiger partial charge in [0.25, 0.3) is 0 Å². The lowest BCUT2D eigenvalue weighted by atomic mass is 9.71. The lowest BCUT2D eigenvalue weighted by Gasteiger charge is -2.49. The van der Waals surface area contributed by atoms with E-state index in [1.54, 1.807) is 0 Å². The predicted octanol–water partition coefficient (Wildman–Crippen LogP) is 7.34. The first-order valence-corrected chi connectivity index (χ1v) is 21.4. The molecule has 2 saturated heterocycles. The van der Waals surface area contributed by atoms with Gasteiger partial charge in [-0.25, -0.2) is 0 Å². The summed E-state index contributed by atoms with van der Waals surface area (Å²) in [4.78, 5) is 14.4. The Bertz CT molecular complexity index is 1390. The summed E-state index contributed by atoms with van der Waals surface area (Å²) >= 11 is 0. The first-order chi connectivity index (χ1) is 22.8. The second-order valence-electron chi connectivity index (χ2n) is 17.0. The van der Waals surface area contributed by atoms with Crippen LogP contribution in [-0.2, 0) is 28.2 Å². The Hall–Kier alpha value is -1.85. The summed E-state index contributed by atoms with van der Waals surface area (Å²) in [6.07, 6.45) is 13.1. The zero-order valence-electron chi connectivity index (χ0n) is 31.7. The van der Waals surface area contributed by atoms with Crippen molar-refractivity contribution in [1.82, 2.24) is 0 Å². The minimum Gasteiger partial charge on any atom is -0.462 e. The van der Waals surface area contributed by atoms with Crippen molar-refractivity contribution in [2.45, 2.75) is 154 Å². The van der Waals surface area contributed by atoms with Crippen LogP contribution in [0.15, 0.2) is 59.3 Å². The van der Waals surface area contributed by atoms with Crippen molar-refractivity contribution >= 4 is 14.3 Å². The normalized spacial score (nSPS) is 43.8. The summed E-state index contributed by atoms with van der Waals surface area (Å²) in [5.41, 5.74) is 0.620. The van der Waals surface area contributed by atoms with Gasteiger partial charge in [0.05, 0.1) is 31.0 Å². The van der Waals surface area contributed by atoms with E-state index in [0.717, 1.165) is 17.6 Å². The predicted molar refractivity (Wildman–Crippen MR) is 194 cm³/mol. The summed E-state index contributed by atoms with van der Waals surface area (Å²) in [5.74, 6) is -2.18. The summed E-state index contributed by atoms with van der Waals surface area (Å²) in [5, 5.41) is 24.0. The van der Waals surface area contributed by atoms with Crippen LogP contribution in [0.3, 0.4) is 0 Å². The molecule has 0 unspecified atom stereocenters. The Morgan fingerprint density at radius 1 is 1.08 bits per heavy atom. The van der Waals surface area contributed by atoms with E-state index in [-0.39, 0.29) is 35.7 Å². The van der Waals surface area contributed by atoms with Crippen LogP contribution in [0.25, 0.3) is 0 Å². The fraction of sp³-hybridized carbons (Fsp3) is 0.725. The molecule has 0 aromatic heterocycles. The summed E-state index contributed by atoms with van der Waals surface area (Å²) < 4.78 is 33.3. The van der Waals surface area contributed by atoms with Gasteiger partial charge in [-0.2, -0.15) is 0 Å². The fourth-order valence-electron chi connectivity index (χ4n) is 7.79. The molecule has 274 valence electrons. The monoisotopic (exact) mass is 698 g/mol. The molecule has 9 heteroatoms. The molecule has 5 rings (SSSR count). The van der Waals surface area contributed by atoms with Crippen molar-refractivity contribution in [3.63, 3.8) is 0 Å². The van der Waals surface area contributed by atoms with E-state index in [1.165, 1.54) is 0 Å². The number of hydrogen-bond donors (Lipinski definition) is 2. The van der Waals surface area contributed by atoms with Gasteiger partial charge in [0, 0.05) is 24.7 Å². The maximum Gasteiger partial charge on any atom is 0.316 e. The van der Waals surface area contributed by atoms with Gasteiger partial charge in [-0.05, 0) is 67.1 Å². The molecule has 2 N–H and O–H groups in total. The van der Waals surface area contributed by atoms with E-state index in [9.17, 15) is 15.0 Å². The third-order valence-electron chi connectivity index (χ3n) is 12.3. The van der Waals surface area contributed by atoms with Crippen LogP contribution in [-0.4, -0.2) is 79.1 Å². The van der Waals surface area contributed by atoms with Crippen LogP contribution in [0.2, 0.25) is 18.1 Å². The molecular weight excluding hydrogens is 637 g/mol. The molecule has 2 fully saturated rings. The Kier molecular flexibility index (Phi) is 11.2. The van der Waals surface area contributed by atoms with Crippen LogP contribution >= 0.6 is 0 Å². The minimum absolute atomic E-state index is 0.0405. The molecule has 12 atom stereocenters. The van der Waals surface area contributed by atoms with E-state index >= 15 is 0 Å². The molecule has 4 aliphatic heterocycles. The Morgan fingerprint density at radius 2 is 1.80 bits per heavy atom. The smallest absolute Gasteiger partial charge is 0.316 e. The van der Waals surface area contributed by atoms with Crippen molar-refractivity contribution in [3.8, 4) is 0 Å². The highest BCUT2D eigenvalue weighted by atomic mass is 28.4. The lowest BCUT2D eigenvalue weighted by molar-refractivity contribution is -0.300. The maximum absolute atomic E-state index is 14.4. The average molecular weight is 699 g/mol. The molecule has 1 spiro atoms. The molecule has 4 heterocycles. The minimum atomic E-state index is -2.29. The van der Waals surface area contributed by atoms with Gasteiger partial charge in [-0.15, -0.1) is 0 Å². The molecule has 0 radical (unpaired) electrons. The number of carbonyl (C=O) groups is 1. The molecule has 8 nitrogen and oxygen atoms in total. The Morgan fingerprint density at radius 3 is 2.47 bits per heavy atom. The zero-order chi connectivity index (χ0) is 36.1. The van der Waals surface area contributed by atoms with Crippen molar-refractivity contribution < 1.29 is 38.4 Å². The van der Waals surface area contributed by atoms with Crippen LogP contribution in [0.4, 0.5) is 0 Å². The molecular formula is C40H62O8Si. The van der Waals surface area contributed by atoms with Crippen molar-refractivity contribution in [2.24, 2.45) is 23.7 Å². The highest BCUT2D eigenvalue weighted by Gasteiger charge is 2.61. The number of allylic oxidation sites excluding steroid dienone is 2. The fourth-order valence-corrected chi connectivity index (χ4v) is 9.08. The van der Waals surface area contributed by atoms with Gasteiger partial charge in [-0.1, -0.05) is 91.3 Å². The molecule has 2 bridgehead atoms. The van der Waals surface area contributed by atoms with Crippen LogP contribution in [0, 0.1) is 23.7 Å². The highest BCUT2D eigenvalue weighted by Crippen LogP contribution is 2.49. The first-order valence-electron chi connectivity index (χ1n) is 18.5. The Labute approximate surface area is 295 Å². The largest absolute Gasteiger partial charge is 0.462 e. The second kappa shape index (κ2) is 14.3. The maximum atomic E-state index is 14.4. The number of aliphatic hydroxyl groups is 2. The molecule has 0 amide bonds. The van der Waals surface area contributed by atoms with E-state index in [1.807, 2.05) is 57.2 Å². The van der Waals surface area contributed by atoms with Gasteiger partial charge < -0.3 is 33.6 Å². The third kappa shape index (κ3) is 7.55. The van der Waals surface area contributed by atoms with Crippen LogP contribution < -0.4 is 0 Å². The number of rotatable bonds is 4. The van der Waals surface area contributed by atoms with Crippen LogP contribution in [0.5, 0.6) is 0 Å².